The first-order valence-corrected chi connectivity index (χ1v) is 8.99. The Bertz CT molecular complexity index is 857. The van der Waals surface area contributed by atoms with Crippen molar-refractivity contribution in [1.82, 2.24) is 15.0 Å². The average Bonchev–Trinajstić information content (AvgIpc) is 2.71. The second-order valence-electron chi connectivity index (χ2n) is 6.21. The fourth-order valence-corrected chi connectivity index (χ4v) is 3.26. The van der Waals surface area contributed by atoms with Crippen LogP contribution >= 0.6 is 11.6 Å². The third kappa shape index (κ3) is 3.84. The highest BCUT2D eigenvalue weighted by Gasteiger charge is 2.24. The Morgan fingerprint density at radius 2 is 1.88 bits per heavy atom. The molecule has 0 radical (unpaired) electrons. The summed E-state index contributed by atoms with van der Waals surface area (Å²) in [5, 5.41) is 0.783. The quantitative estimate of drug-likeness (QED) is 0.704. The van der Waals surface area contributed by atoms with Crippen LogP contribution in [0.15, 0.2) is 61.1 Å². The first kappa shape index (κ1) is 16.9. The summed E-state index contributed by atoms with van der Waals surface area (Å²) in [4.78, 5) is 15.4. The zero-order valence-electron chi connectivity index (χ0n) is 14.3. The van der Waals surface area contributed by atoms with E-state index < -0.39 is 0 Å². The van der Waals surface area contributed by atoms with Crippen LogP contribution in [0, 0.1) is 0 Å². The number of pyridine rings is 1. The summed E-state index contributed by atoms with van der Waals surface area (Å²) in [5.74, 6) is 0.733. The molecule has 1 aliphatic heterocycles. The number of halogens is 1. The second kappa shape index (κ2) is 7.81. The maximum atomic E-state index is 6.24. The van der Waals surface area contributed by atoms with Gasteiger partial charge in [0.1, 0.15) is 6.10 Å². The Kier molecular flexibility index (Phi) is 5.09. The summed E-state index contributed by atoms with van der Waals surface area (Å²) in [5.41, 5.74) is 3.15. The highest BCUT2D eigenvalue weighted by Crippen LogP contribution is 2.24. The lowest BCUT2D eigenvalue weighted by molar-refractivity contribution is 0.0364. The van der Waals surface area contributed by atoms with Gasteiger partial charge in [0.15, 0.2) is 0 Å². The van der Waals surface area contributed by atoms with Crippen LogP contribution < -0.4 is 4.90 Å². The lowest BCUT2D eigenvalue weighted by Gasteiger charge is -2.32. The zero-order chi connectivity index (χ0) is 17.8. The number of ether oxygens (including phenoxy) is 1. The Hall–Kier alpha value is -2.50. The van der Waals surface area contributed by atoms with E-state index in [1.54, 1.807) is 12.4 Å². The van der Waals surface area contributed by atoms with E-state index in [0.717, 1.165) is 40.8 Å². The molecule has 0 spiro atoms. The van der Waals surface area contributed by atoms with Gasteiger partial charge in [-0.3, -0.25) is 4.98 Å². The molecule has 26 heavy (non-hydrogen) atoms. The van der Waals surface area contributed by atoms with Gasteiger partial charge in [-0.1, -0.05) is 35.9 Å². The van der Waals surface area contributed by atoms with E-state index in [9.17, 15) is 0 Å². The van der Waals surface area contributed by atoms with Crippen LogP contribution in [-0.4, -0.2) is 34.6 Å². The minimum Gasteiger partial charge on any atom is -0.368 e. The maximum absolute atomic E-state index is 6.24. The van der Waals surface area contributed by atoms with Crippen LogP contribution in [0.2, 0.25) is 5.02 Å². The van der Waals surface area contributed by atoms with E-state index in [4.69, 9.17) is 16.3 Å². The number of hydrogen-bond donors (Lipinski definition) is 0. The number of anilines is 1. The van der Waals surface area contributed by atoms with Crippen LogP contribution in [0.4, 0.5) is 5.95 Å². The van der Waals surface area contributed by atoms with Crippen molar-refractivity contribution in [3.63, 3.8) is 0 Å². The van der Waals surface area contributed by atoms with Gasteiger partial charge in [-0.2, -0.15) is 0 Å². The van der Waals surface area contributed by atoms with Gasteiger partial charge in [0.25, 0.3) is 0 Å². The van der Waals surface area contributed by atoms with Crippen molar-refractivity contribution in [1.29, 1.82) is 0 Å². The van der Waals surface area contributed by atoms with Crippen molar-refractivity contribution in [2.75, 3.05) is 24.6 Å². The predicted molar refractivity (Wildman–Crippen MR) is 101 cm³/mol. The van der Waals surface area contributed by atoms with Gasteiger partial charge in [-0.25, -0.2) is 9.97 Å². The zero-order valence-corrected chi connectivity index (χ0v) is 15.0. The molecule has 0 N–H and O–H groups in total. The minimum absolute atomic E-state index is 0.0816. The van der Waals surface area contributed by atoms with Crippen molar-refractivity contribution >= 4 is 17.5 Å². The summed E-state index contributed by atoms with van der Waals surface area (Å²) in [7, 11) is 0. The Morgan fingerprint density at radius 1 is 1.04 bits per heavy atom. The normalized spacial score (nSPS) is 17.3. The molecule has 3 heterocycles. The van der Waals surface area contributed by atoms with Gasteiger partial charge in [0.05, 0.1) is 18.8 Å². The molecule has 1 atom stereocenters. The van der Waals surface area contributed by atoms with Gasteiger partial charge < -0.3 is 9.64 Å². The van der Waals surface area contributed by atoms with Gasteiger partial charge in [-0.15, -0.1) is 0 Å². The molecule has 1 saturated heterocycles. The lowest BCUT2D eigenvalue weighted by atomic mass is 10.1. The maximum Gasteiger partial charge on any atom is 0.225 e. The molecule has 3 aromatic rings. The molecular weight excluding hydrogens is 348 g/mol. The van der Waals surface area contributed by atoms with Crippen molar-refractivity contribution in [2.45, 2.75) is 12.5 Å². The first-order chi connectivity index (χ1) is 12.8. The van der Waals surface area contributed by atoms with Crippen LogP contribution in [0.1, 0.15) is 22.9 Å². The molecule has 0 aliphatic carbocycles. The van der Waals surface area contributed by atoms with Gasteiger partial charge in [0.2, 0.25) is 5.95 Å². The Morgan fingerprint density at radius 3 is 2.65 bits per heavy atom. The van der Waals surface area contributed by atoms with E-state index in [-0.39, 0.29) is 6.10 Å². The van der Waals surface area contributed by atoms with Crippen molar-refractivity contribution < 1.29 is 4.74 Å². The van der Waals surface area contributed by atoms with Gasteiger partial charge in [0, 0.05) is 36.6 Å². The molecule has 1 aromatic carbocycles. The first-order valence-electron chi connectivity index (χ1n) is 8.61. The molecule has 1 fully saturated rings. The number of nitrogens with zero attached hydrogens (tertiary/aromatic N) is 4. The van der Waals surface area contributed by atoms with Crippen LogP contribution in [0.25, 0.3) is 0 Å². The summed E-state index contributed by atoms with van der Waals surface area (Å²) >= 11 is 6.24. The number of benzene rings is 1. The van der Waals surface area contributed by atoms with Gasteiger partial charge in [-0.05, 0) is 29.3 Å². The fraction of sp³-hybridized carbons (Fsp3) is 0.250. The van der Waals surface area contributed by atoms with Gasteiger partial charge >= 0.3 is 0 Å². The van der Waals surface area contributed by atoms with Crippen molar-refractivity contribution in [3.05, 3.63) is 82.9 Å². The summed E-state index contributed by atoms with van der Waals surface area (Å²) in [6.07, 6.45) is 6.10. The largest absolute Gasteiger partial charge is 0.368 e. The molecule has 0 amide bonds. The third-order valence-corrected chi connectivity index (χ3v) is 4.80. The number of morpholine rings is 1. The summed E-state index contributed by atoms with van der Waals surface area (Å²) in [6.45, 7) is 2.11. The standard InChI is InChI=1S/C20H19ClN4O/c21-17-5-2-1-4-16(17)12-15-6-7-18(24-13-15)19-14-25(10-11-26-19)20-22-8-3-9-23-20/h1-9,13,19H,10-12,14H2. The topological polar surface area (TPSA) is 51.1 Å². The number of rotatable bonds is 4. The van der Waals surface area contributed by atoms with Crippen LogP contribution in [0.5, 0.6) is 0 Å². The molecule has 0 bridgehead atoms. The second-order valence-corrected chi connectivity index (χ2v) is 6.62. The van der Waals surface area contributed by atoms with E-state index in [1.165, 1.54) is 0 Å². The molecule has 1 aliphatic rings. The molecule has 132 valence electrons. The van der Waals surface area contributed by atoms with E-state index in [1.807, 2.05) is 42.6 Å². The van der Waals surface area contributed by atoms with Crippen LogP contribution in [-0.2, 0) is 11.2 Å². The van der Waals surface area contributed by atoms with E-state index in [2.05, 4.69) is 25.9 Å². The van der Waals surface area contributed by atoms with Crippen LogP contribution in [0.3, 0.4) is 0 Å². The highest BCUT2D eigenvalue weighted by molar-refractivity contribution is 6.31. The number of aromatic nitrogens is 3. The Balaban J connectivity index is 1.45. The number of hydrogen-bond acceptors (Lipinski definition) is 5. The minimum atomic E-state index is -0.0816. The molecule has 5 nitrogen and oxygen atoms in total. The van der Waals surface area contributed by atoms with Crippen molar-refractivity contribution in [3.8, 4) is 0 Å². The predicted octanol–water partition coefficient (Wildman–Crippen LogP) is 3.69. The monoisotopic (exact) mass is 366 g/mol. The molecular formula is C20H19ClN4O. The third-order valence-electron chi connectivity index (χ3n) is 4.43. The summed E-state index contributed by atoms with van der Waals surface area (Å²) in [6, 6.07) is 13.8. The Labute approximate surface area is 157 Å². The van der Waals surface area contributed by atoms with E-state index >= 15 is 0 Å². The molecule has 6 heteroatoms. The van der Waals surface area contributed by atoms with E-state index in [0.29, 0.717) is 13.2 Å². The average molecular weight is 367 g/mol. The summed E-state index contributed by atoms with van der Waals surface area (Å²) < 4.78 is 5.91. The smallest absolute Gasteiger partial charge is 0.225 e. The molecule has 2 aromatic heterocycles. The van der Waals surface area contributed by atoms with Crippen molar-refractivity contribution in [2.24, 2.45) is 0 Å². The molecule has 4 rings (SSSR count). The molecule has 0 saturated carbocycles. The fourth-order valence-electron chi connectivity index (χ4n) is 3.06. The highest BCUT2D eigenvalue weighted by atomic mass is 35.5. The molecule has 1 unspecified atom stereocenters. The SMILES string of the molecule is Clc1ccccc1Cc1ccc(C2CN(c3ncccn3)CCO2)nc1. The lowest BCUT2D eigenvalue weighted by Crippen LogP contribution is -2.39.